The highest BCUT2D eigenvalue weighted by Crippen LogP contribution is 2.33. The third-order valence-corrected chi connectivity index (χ3v) is 8.40. The van der Waals surface area contributed by atoms with Crippen molar-refractivity contribution in [1.29, 1.82) is 0 Å². The molecule has 2 fully saturated rings. The number of hydrogen-bond acceptors (Lipinski definition) is 5. The number of halogens is 3. The number of amides is 1. The number of rotatable bonds is 7. The van der Waals surface area contributed by atoms with Gasteiger partial charge in [0.25, 0.3) is 5.91 Å². The first-order valence-electron chi connectivity index (χ1n) is 12.9. The number of carbonyl (C=O) groups is 1. The molecule has 204 valence electrons. The first kappa shape index (κ1) is 27.9. The van der Waals surface area contributed by atoms with Crippen LogP contribution in [0.3, 0.4) is 0 Å². The van der Waals surface area contributed by atoms with Gasteiger partial charge in [0.2, 0.25) is 0 Å². The first-order chi connectivity index (χ1) is 17.5. The molecule has 0 unspecified atom stereocenters. The van der Waals surface area contributed by atoms with Crippen LogP contribution in [0.15, 0.2) is 29.4 Å². The van der Waals surface area contributed by atoms with E-state index in [0.717, 1.165) is 55.8 Å². The van der Waals surface area contributed by atoms with E-state index in [2.05, 4.69) is 37.6 Å². The normalized spacial score (nSPS) is 21.6. The maximum Gasteiger partial charge on any atom is 0.416 e. The highest BCUT2D eigenvalue weighted by atomic mass is 32.1. The Bertz CT molecular complexity index is 1160. The molecule has 0 saturated carbocycles. The van der Waals surface area contributed by atoms with Crippen LogP contribution >= 0.6 is 11.3 Å². The molecule has 0 aliphatic carbocycles. The van der Waals surface area contributed by atoms with Crippen LogP contribution < -0.4 is 9.54 Å². The average molecular weight is 540 g/mol. The minimum Gasteiger partial charge on any atom is -0.491 e. The number of likely N-dealkylation sites (tertiary alicyclic amines) is 1. The predicted octanol–water partition coefficient (Wildman–Crippen LogP) is 5.65. The molecule has 10 heteroatoms. The van der Waals surface area contributed by atoms with E-state index in [1.807, 2.05) is 10.8 Å². The fourth-order valence-electron chi connectivity index (χ4n) is 4.78. The molecule has 0 N–H and O–H groups in total. The maximum absolute atomic E-state index is 13.5. The molecular formula is C27H36F3N3O3S. The summed E-state index contributed by atoms with van der Waals surface area (Å²) in [6, 6.07) is 3.23. The maximum atomic E-state index is 13.5. The molecule has 2 atom stereocenters. The average Bonchev–Trinajstić information content (AvgIpc) is 3.58. The van der Waals surface area contributed by atoms with E-state index < -0.39 is 17.6 Å². The van der Waals surface area contributed by atoms with Crippen molar-refractivity contribution in [2.75, 3.05) is 26.3 Å². The molecule has 6 nitrogen and oxygen atoms in total. The number of aromatic nitrogens is 1. The number of ether oxygens (including phenoxy) is 2. The molecule has 3 heterocycles. The van der Waals surface area contributed by atoms with Crippen LogP contribution in [0.4, 0.5) is 13.2 Å². The van der Waals surface area contributed by atoms with Gasteiger partial charge in [-0.2, -0.15) is 18.2 Å². The third kappa shape index (κ3) is 6.83. The van der Waals surface area contributed by atoms with Crippen LogP contribution in [0.5, 0.6) is 5.75 Å². The lowest BCUT2D eigenvalue weighted by Crippen LogP contribution is -2.34. The van der Waals surface area contributed by atoms with Crippen molar-refractivity contribution >= 4 is 17.2 Å². The van der Waals surface area contributed by atoms with Crippen molar-refractivity contribution in [3.8, 4) is 5.75 Å². The Morgan fingerprint density at radius 2 is 2.00 bits per heavy atom. The van der Waals surface area contributed by atoms with Crippen molar-refractivity contribution in [3.63, 3.8) is 0 Å². The van der Waals surface area contributed by atoms with Gasteiger partial charge in [0.1, 0.15) is 12.4 Å². The Morgan fingerprint density at radius 3 is 2.65 bits per heavy atom. The number of carbonyl (C=O) groups excluding carboxylic acids is 1. The SMILES string of the molecule is CCN1CCC[C@H]1COc1ccc(C(F)(F)F)cc1C(=O)N=c1sc(C(C)(C)C)cn1C[C@H]1CCCO1. The lowest BCUT2D eigenvalue weighted by molar-refractivity contribution is -0.137. The second-order valence-corrected chi connectivity index (χ2v) is 11.8. The first-order valence-corrected chi connectivity index (χ1v) is 13.8. The third-order valence-electron chi connectivity index (χ3n) is 6.95. The lowest BCUT2D eigenvalue weighted by atomic mass is 9.95. The molecule has 2 aliphatic rings. The van der Waals surface area contributed by atoms with Crippen LogP contribution in [0.25, 0.3) is 0 Å². The van der Waals surface area contributed by atoms with E-state index >= 15 is 0 Å². The van der Waals surface area contributed by atoms with Gasteiger partial charge in [0.15, 0.2) is 4.80 Å². The summed E-state index contributed by atoms with van der Waals surface area (Å²) < 4.78 is 54.3. The van der Waals surface area contributed by atoms with E-state index in [0.29, 0.717) is 24.6 Å². The smallest absolute Gasteiger partial charge is 0.416 e. The fraction of sp³-hybridized carbons (Fsp3) is 0.630. The van der Waals surface area contributed by atoms with Gasteiger partial charge in [0, 0.05) is 23.7 Å². The van der Waals surface area contributed by atoms with Gasteiger partial charge < -0.3 is 14.0 Å². The molecule has 0 bridgehead atoms. The largest absolute Gasteiger partial charge is 0.491 e. The summed E-state index contributed by atoms with van der Waals surface area (Å²) in [5.41, 5.74) is -1.25. The van der Waals surface area contributed by atoms with Crippen molar-refractivity contribution in [2.24, 2.45) is 4.99 Å². The highest BCUT2D eigenvalue weighted by Gasteiger charge is 2.33. The molecule has 1 amide bonds. The zero-order chi connectivity index (χ0) is 26.8. The Balaban J connectivity index is 1.69. The molecule has 2 aromatic rings. The van der Waals surface area contributed by atoms with Gasteiger partial charge in [-0.3, -0.25) is 9.69 Å². The minimum atomic E-state index is -4.58. The van der Waals surface area contributed by atoms with E-state index in [9.17, 15) is 18.0 Å². The standard InChI is InChI=1S/C27H36F3N3O3S/c1-5-32-12-6-8-19(32)17-36-22-11-10-18(27(28,29)30)14-21(22)24(34)31-25-33(15-20-9-7-13-35-20)16-23(37-25)26(2,3)4/h10-11,14,16,19-20H,5-9,12-13,15,17H2,1-4H3/t19-,20+/m0/s1. The highest BCUT2D eigenvalue weighted by molar-refractivity contribution is 7.09. The molecule has 0 spiro atoms. The van der Waals surface area contributed by atoms with Crippen molar-refractivity contribution in [3.05, 3.63) is 45.2 Å². The fourth-order valence-corrected chi connectivity index (χ4v) is 5.84. The molecule has 37 heavy (non-hydrogen) atoms. The second-order valence-electron chi connectivity index (χ2n) is 10.8. The Labute approximate surface area is 220 Å². The molecule has 0 radical (unpaired) electrons. The minimum absolute atomic E-state index is 0.0249. The summed E-state index contributed by atoms with van der Waals surface area (Å²) in [4.78, 5) is 21.5. The van der Waals surface area contributed by atoms with E-state index in [1.165, 1.54) is 17.4 Å². The van der Waals surface area contributed by atoms with Crippen molar-refractivity contribution < 1.29 is 27.4 Å². The van der Waals surface area contributed by atoms with Crippen molar-refractivity contribution in [1.82, 2.24) is 9.47 Å². The number of nitrogens with zero attached hydrogens (tertiary/aromatic N) is 3. The Morgan fingerprint density at radius 1 is 1.22 bits per heavy atom. The summed E-state index contributed by atoms with van der Waals surface area (Å²) in [6.07, 6.45) is 1.32. The summed E-state index contributed by atoms with van der Waals surface area (Å²) in [6.45, 7) is 11.7. The zero-order valence-corrected chi connectivity index (χ0v) is 22.8. The van der Waals surface area contributed by atoms with E-state index in [4.69, 9.17) is 9.47 Å². The van der Waals surface area contributed by atoms with Gasteiger partial charge in [-0.15, -0.1) is 11.3 Å². The van der Waals surface area contributed by atoms with Crippen LogP contribution in [0.1, 0.15) is 74.2 Å². The molecule has 2 saturated heterocycles. The zero-order valence-electron chi connectivity index (χ0n) is 21.9. The molecule has 1 aromatic carbocycles. The molecule has 4 rings (SSSR count). The topological polar surface area (TPSA) is 56.1 Å². The number of likely N-dealkylation sites (N-methyl/N-ethyl adjacent to an activating group) is 1. The van der Waals surface area contributed by atoms with E-state index in [-0.39, 0.29) is 28.9 Å². The monoisotopic (exact) mass is 539 g/mol. The Hall–Kier alpha value is -2.17. The van der Waals surface area contributed by atoms with Gasteiger partial charge >= 0.3 is 6.18 Å². The van der Waals surface area contributed by atoms with Crippen LogP contribution in [0.2, 0.25) is 0 Å². The summed E-state index contributed by atoms with van der Waals surface area (Å²) >= 11 is 1.38. The molecular weight excluding hydrogens is 503 g/mol. The van der Waals surface area contributed by atoms with Gasteiger partial charge in [-0.05, 0) is 62.4 Å². The second kappa shape index (κ2) is 11.3. The number of thiazole rings is 1. The van der Waals surface area contributed by atoms with Crippen molar-refractivity contribution in [2.45, 2.75) is 83.7 Å². The summed E-state index contributed by atoms with van der Waals surface area (Å²) in [7, 11) is 0. The quantitative estimate of drug-likeness (QED) is 0.456. The van der Waals surface area contributed by atoms with Gasteiger partial charge in [-0.25, -0.2) is 0 Å². The predicted molar refractivity (Wildman–Crippen MR) is 137 cm³/mol. The molecule has 2 aliphatic heterocycles. The van der Waals surface area contributed by atoms with Gasteiger partial charge in [0.05, 0.1) is 23.8 Å². The number of benzene rings is 1. The Kier molecular flexibility index (Phi) is 8.50. The lowest BCUT2D eigenvalue weighted by Gasteiger charge is -2.23. The van der Waals surface area contributed by atoms with E-state index in [1.54, 1.807) is 0 Å². The molecule has 1 aromatic heterocycles. The summed E-state index contributed by atoms with van der Waals surface area (Å²) in [5, 5.41) is 0. The van der Waals surface area contributed by atoms with Crippen LogP contribution in [-0.2, 0) is 22.9 Å². The summed E-state index contributed by atoms with van der Waals surface area (Å²) in [5.74, 6) is -0.619. The van der Waals surface area contributed by atoms with Gasteiger partial charge in [-0.1, -0.05) is 27.7 Å². The number of hydrogen-bond donors (Lipinski definition) is 0. The van der Waals surface area contributed by atoms with Crippen LogP contribution in [-0.4, -0.2) is 53.8 Å². The van der Waals surface area contributed by atoms with Crippen LogP contribution in [0, 0.1) is 0 Å². The number of alkyl halides is 3.